The minimum absolute atomic E-state index is 0.0813. The number of carbonyl (C=O) groups is 1. The molecule has 1 aliphatic heterocycles. The second-order valence-corrected chi connectivity index (χ2v) is 10.8. The van der Waals surface area contributed by atoms with Crippen LogP contribution in [0.15, 0.2) is 64.8 Å². The molecule has 0 unspecified atom stereocenters. The lowest BCUT2D eigenvalue weighted by Crippen LogP contribution is -2.32. The number of thioether (sulfide) groups is 1. The number of fused-ring (bicyclic) bond motifs is 2. The largest absolute Gasteiger partial charge is 0.360 e. The fraction of sp³-hybridized carbons (Fsp3) is 0.227. The van der Waals surface area contributed by atoms with Crippen LogP contribution in [0, 0.1) is 0 Å². The van der Waals surface area contributed by atoms with Gasteiger partial charge in [0.2, 0.25) is 0 Å². The SMILES string of the molecule is O=C1c2ccccc2S(=O)(=O)N1CCSc1nnc(-c2c[nH]c3ccccc23)n1C1CC1. The van der Waals surface area contributed by atoms with Crippen molar-refractivity contribution in [1.82, 2.24) is 24.1 Å². The lowest BCUT2D eigenvalue weighted by atomic mass is 10.1. The molecule has 0 bridgehead atoms. The number of hydrogen-bond donors (Lipinski definition) is 1. The first kappa shape index (κ1) is 19.6. The molecule has 32 heavy (non-hydrogen) atoms. The van der Waals surface area contributed by atoms with Crippen molar-refractivity contribution in [3.63, 3.8) is 0 Å². The van der Waals surface area contributed by atoms with Crippen LogP contribution in [-0.2, 0) is 10.0 Å². The van der Waals surface area contributed by atoms with Gasteiger partial charge < -0.3 is 4.98 Å². The van der Waals surface area contributed by atoms with E-state index in [4.69, 9.17) is 0 Å². The van der Waals surface area contributed by atoms with Crippen molar-refractivity contribution in [2.45, 2.75) is 28.9 Å². The number of nitrogens with one attached hydrogen (secondary N) is 1. The van der Waals surface area contributed by atoms with E-state index in [0.29, 0.717) is 11.8 Å². The molecule has 6 rings (SSSR count). The van der Waals surface area contributed by atoms with Crippen LogP contribution in [0.25, 0.3) is 22.3 Å². The molecule has 2 aromatic heterocycles. The van der Waals surface area contributed by atoms with Crippen molar-refractivity contribution in [1.29, 1.82) is 0 Å². The van der Waals surface area contributed by atoms with E-state index in [1.165, 1.54) is 17.8 Å². The number of nitrogens with zero attached hydrogens (tertiary/aromatic N) is 4. The fourth-order valence-corrected chi connectivity index (χ4v) is 6.76. The van der Waals surface area contributed by atoms with Gasteiger partial charge in [-0.05, 0) is 31.0 Å². The molecule has 10 heteroatoms. The average Bonchev–Trinajstić information content (AvgIpc) is 3.36. The molecule has 0 saturated heterocycles. The third-order valence-corrected chi connectivity index (χ3v) is 8.61. The number of aromatic nitrogens is 4. The van der Waals surface area contributed by atoms with Crippen LogP contribution < -0.4 is 0 Å². The van der Waals surface area contributed by atoms with Crippen molar-refractivity contribution in [3.05, 3.63) is 60.3 Å². The highest BCUT2D eigenvalue weighted by Crippen LogP contribution is 2.42. The smallest absolute Gasteiger partial charge is 0.269 e. The minimum Gasteiger partial charge on any atom is -0.360 e. The number of benzene rings is 2. The Hall–Kier alpha value is -3.11. The molecule has 3 heterocycles. The zero-order chi connectivity index (χ0) is 21.9. The summed E-state index contributed by atoms with van der Waals surface area (Å²) in [5.74, 6) is 0.742. The zero-order valence-corrected chi connectivity index (χ0v) is 18.6. The molecule has 8 nitrogen and oxygen atoms in total. The third kappa shape index (κ3) is 2.97. The minimum atomic E-state index is -3.80. The van der Waals surface area contributed by atoms with Gasteiger partial charge in [0.15, 0.2) is 11.0 Å². The number of rotatable bonds is 6. The molecule has 2 aliphatic rings. The normalized spacial score (nSPS) is 17.2. The number of amides is 1. The van der Waals surface area contributed by atoms with Crippen LogP contribution in [0.4, 0.5) is 0 Å². The molecule has 1 saturated carbocycles. The first-order valence-corrected chi connectivity index (χ1v) is 12.8. The fourth-order valence-electron chi connectivity index (χ4n) is 4.15. The molecule has 0 radical (unpaired) electrons. The Balaban J connectivity index is 1.25. The second-order valence-electron chi connectivity index (χ2n) is 7.88. The van der Waals surface area contributed by atoms with E-state index in [9.17, 15) is 13.2 Å². The Morgan fingerprint density at radius 2 is 1.81 bits per heavy atom. The summed E-state index contributed by atoms with van der Waals surface area (Å²) in [6.07, 6.45) is 4.08. The van der Waals surface area contributed by atoms with Gasteiger partial charge in [-0.1, -0.05) is 42.1 Å². The van der Waals surface area contributed by atoms with E-state index >= 15 is 0 Å². The quantitative estimate of drug-likeness (QED) is 0.436. The summed E-state index contributed by atoms with van der Waals surface area (Å²) in [5, 5.41) is 10.7. The maximum Gasteiger partial charge on any atom is 0.269 e. The van der Waals surface area contributed by atoms with E-state index in [0.717, 1.165) is 44.6 Å². The Kier molecular flexibility index (Phi) is 4.41. The summed E-state index contributed by atoms with van der Waals surface area (Å²) in [5.41, 5.74) is 2.28. The molecule has 0 atom stereocenters. The molecule has 1 amide bonds. The summed E-state index contributed by atoms with van der Waals surface area (Å²) in [7, 11) is -3.80. The molecule has 1 N–H and O–H groups in total. The lowest BCUT2D eigenvalue weighted by Gasteiger charge is -2.15. The van der Waals surface area contributed by atoms with Crippen LogP contribution in [-0.4, -0.2) is 50.7 Å². The van der Waals surface area contributed by atoms with Crippen LogP contribution in [0.3, 0.4) is 0 Å². The lowest BCUT2D eigenvalue weighted by molar-refractivity contribution is 0.0876. The van der Waals surface area contributed by atoms with Crippen molar-refractivity contribution in [2.75, 3.05) is 12.3 Å². The van der Waals surface area contributed by atoms with Gasteiger partial charge in [-0.2, -0.15) is 0 Å². The summed E-state index contributed by atoms with van der Waals surface area (Å²) in [6, 6.07) is 14.8. The highest BCUT2D eigenvalue weighted by Gasteiger charge is 2.40. The Morgan fingerprint density at radius 1 is 1.03 bits per heavy atom. The van der Waals surface area contributed by atoms with Crippen molar-refractivity contribution in [3.8, 4) is 11.4 Å². The topological polar surface area (TPSA) is 101 Å². The molecular formula is C22H19N5O3S2. The molecule has 162 valence electrons. The van der Waals surface area contributed by atoms with E-state index in [2.05, 4.69) is 25.8 Å². The maximum atomic E-state index is 12.8. The maximum absolute atomic E-state index is 12.8. The van der Waals surface area contributed by atoms with Gasteiger partial charge >= 0.3 is 0 Å². The van der Waals surface area contributed by atoms with Crippen LogP contribution in [0.2, 0.25) is 0 Å². The van der Waals surface area contributed by atoms with Crippen molar-refractivity contribution >= 4 is 38.6 Å². The van der Waals surface area contributed by atoms with E-state index in [1.807, 2.05) is 24.4 Å². The zero-order valence-electron chi connectivity index (χ0n) is 16.9. The van der Waals surface area contributed by atoms with Crippen molar-refractivity contribution < 1.29 is 13.2 Å². The summed E-state index contributed by atoms with van der Waals surface area (Å²) in [6.45, 7) is 0.0838. The van der Waals surface area contributed by atoms with Gasteiger partial charge in [0.05, 0.1) is 5.56 Å². The average molecular weight is 466 g/mol. The molecule has 0 spiro atoms. The van der Waals surface area contributed by atoms with Gasteiger partial charge in [0.1, 0.15) is 4.90 Å². The first-order valence-electron chi connectivity index (χ1n) is 10.4. The Bertz CT molecular complexity index is 1470. The van der Waals surface area contributed by atoms with Gasteiger partial charge in [-0.3, -0.25) is 9.36 Å². The number of H-pyrrole nitrogens is 1. The van der Waals surface area contributed by atoms with Crippen LogP contribution >= 0.6 is 11.8 Å². The number of sulfonamides is 1. The number of hydrogen-bond acceptors (Lipinski definition) is 6. The third-order valence-electron chi connectivity index (χ3n) is 5.84. The molecule has 1 aliphatic carbocycles. The highest BCUT2D eigenvalue weighted by molar-refractivity contribution is 7.99. The van der Waals surface area contributed by atoms with Crippen LogP contribution in [0.5, 0.6) is 0 Å². The first-order chi connectivity index (χ1) is 15.6. The molecule has 2 aromatic carbocycles. The monoisotopic (exact) mass is 465 g/mol. The summed E-state index contributed by atoms with van der Waals surface area (Å²) < 4.78 is 28.6. The summed E-state index contributed by atoms with van der Waals surface area (Å²) in [4.78, 5) is 16.0. The Labute approximate surface area is 188 Å². The molecular weight excluding hydrogens is 446 g/mol. The summed E-state index contributed by atoms with van der Waals surface area (Å²) >= 11 is 1.43. The number of carbonyl (C=O) groups excluding carboxylic acids is 1. The Morgan fingerprint density at radius 3 is 2.62 bits per heavy atom. The van der Waals surface area contributed by atoms with Gasteiger partial charge in [0.25, 0.3) is 15.9 Å². The van der Waals surface area contributed by atoms with Gasteiger partial charge in [-0.25, -0.2) is 12.7 Å². The van der Waals surface area contributed by atoms with Gasteiger partial charge in [-0.15, -0.1) is 10.2 Å². The number of aromatic amines is 1. The van der Waals surface area contributed by atoms with E-state index in [-0.39, 0.29) is 17.0 Å². The predicted molar refractivity (Wildman–Crippen MR) is 121 cm³/mol. The molecule has 1 fully saturated rings. The van der Waals surface area contributed by atoms with Crippen molar-refractivity contribution in [2.24, 2.45) is 0 Å². The van der Waals surface area contributed by atoms with E-state index < -0.39 is 15.9 Å². The highest BCUT2D eigenvalue weighted by atomic mass is 32.2. The second kappa shape index (κ2) is 7.21. The van der Waals surface area contributed by atoms with E-state index in [1.54, 1.807) is 18.2 Å². The standard InChI is InChI=1S/C22H19N5O3S2/c28-21-16-6-2-4-8-19(16)32(29,30)26(21)11-12-31-22-25-24-20(27(22)14-9-10-14)17-13-23-18-7-3-1-5-15(17)18/h1-8,13-14,23H,9-12H2. The van der Waals surface area contributed by atoms with Crippen LogP contribution in [0.1, 0.15) is 29.2 Å². The van der Waals surface area contributed by atoms with Gasteiger partial charge in [0, 0.05) is 41.0 Å². The predicted octanol–water partition coefficient (Wildman–Crippen LogP) is 3.70. The molecule has 4 aromatic rings. The number of para-hydroxylation sites is 1.